The lowest BCUT2D eigenvalue weighted by Gasteiger charge is -2.35. The summed E-state index contributed by atoms with van der Waals surface area (Å²) in [6.45, 7) is 3.56. The van der Waals surface area contributed by atoms with E-state index in [9.17, 15) is 18.3 Å². The largest absolute Gasteiger partial charge is 0.480 e. The van der Waals surface area contributed by atoms with Crippen LogP contribution >= 0.6 is 0 Å². The minimum atomic E-state index is -3.47. The number of hydrogen-bond donors (Lipinski definition) is 2. The van der Waals surface area contributed by atoms with Gasteiger partial charge in [0.2, 0.25) is 10.0 Å². The normalized spacial score (nSPS) is 31.2. The summed E-state index contributed by atoms with van der Waals surface area (Å²) in [6, 6.07) is 0. The molecular weight excluding hydrogens is 230 g/mol. The summed E-state index contributed by atoms with van der Waals surface area (Å²) in [5.41, 5.74) is -1.28. The third-order valence-corrected chi connectivity index (χ3v) is 4.73. The van der Waals surface area contributed by atoms with E-state index in [0.29, 0.717) is 18.8 Å². The molecule has 94 valence electrons. The molecule has 0 heterocycles. The van der Waals surface area contributed by atoms with Gasteiger partial charge in [0.1, 0.15) is 5.54 Å². The minimum absolute atomic E-state index is 0.0857. The Morgan fingerprint density at radius 1 is 1.44 bits per heavy atom. The summed E-state index contributed by atoms with van der Waals surface area (Å²) in [5, 5.41) is 9.21. The predicted octanol–water partition coefficient (Wildman–Crippen LogP) is 0.959. The van der Waals surface area contributed by atoms with Crippen molar-refractivity contribution in [3.8, 4) is 0 Å². The summed E-state index contributed by atoms with van der Waals surface area (Å²) in [4.78, 5) is 11.2. The van der Waals surface area contributed by atoms with Gasteiger partial charge in [-0.05, 0) is 38.5 Å². The molecule has 0 unspecified atom stereocenters. The third-order valence-electron chi connectivity index (χ3n) is 3.27. The minimum Gasteiger partial charge on any atom is -0.480 e. The predicted molar refractivity (Wildman–Crippen MR) is 60.6 cm³/mol. The number of carboxylic acid groups (broad SMARTS) is 1. The van der Waals surface area contributed by atoms with Crippen LogP contribution in [0.1, 0.15) is 39.5 Å². The molecule has 1 saturated carbocycles. The molecule has 1 rings (SSSR count). The van der Waals surface area contributed by atoms with Gasteiger partial charge in [0.15, 0.2) is 0 Å². The van der Waals surface area contributed by atoms with Gasteiger partial charge in [-0.2, -0.15) is 4.72 Å². The summed E-state index contributed by atoms with van der Waals surface area (Å²) >= 11 is 0. The maximum Gasteiger partial charge on any atom is 0.324 e. The second-order valence-corrected chi connectivity index (χ2v) is 6.59. The quantitative estimate of drug-likeness (QED) is 0.777. The molecule has 0 aromatic rings. The van der Waals surface area contributed by atoms with E-state index in [0.717, 1.165) is 12.8 Å². The van der Waals surface area contributed by atoms with Gasteiger partial charge in [-0.3, -0.25) is 4.79 Å². The first-order valence-corrected chi connectivity index (χ1v) is 7.21. The van der Waals surface area contributed by atoms with Crippen molar-refractivity contribution in [3.63, 3.8) is 0 Å². The van der Waals surface area contributed by atoms with Gasteiger partial charge in [-0.1, -0.05) is 6.92 Å². The van der Waals surface area contributed by atoms with Crippen LogP contribution in [0.5, 0.6) is 0 Å². The van der Waals surface area contributed by atoms with E-state index >= 15 is 0 Å². The van der Waals surface area contributed by atoms with E-state index in [-0.39, 0.29) is 5.75 Å². The van der Waals surface area contributed by atoms with E-state index < -0.39 is 21.5 Å². The highest BCUT2D eigenvalue weighted by Gasteiger charge is 2.43. The van der Waals surface area contributed by atoms with Crippen LogP contribution in [0.2, 0.25) is 0 Å². The molecule has 6 heteroatoms. The highest BCUT2D eigenvalue weighted by molar-refractivity contribution is 7.89. The number of rotatable bonds is 4. The molecule has 0 spiro atoms. The molecule has 1 aliphatic carbocycles. The van der Waals surface area contributed by atoms with Gasteiger partial charge < -0.3 is 5.11 Å². The third kappa shape index (κ3) is 2.95. The molecule has 16 heavy (non-hydrogen) atoms. The summed E-state index contributed by atoms with van der Waals surface area (Å²) in [7, 11) is -3.47. The van der Waals surface area contributed by atoms with Crippen LogP contribution in [0.25, 0.3) is 0 Å². The molecule has 0 atom stereocenters. The van der Waals surface area contributed by atoms with Crippen molar-refractivity contribution in [2.75, 3.05) is 5.75 Å². The Morgan fingerprint density at radius 2 is 1.94 bits per heavy atom. The van der Waals surface area contributed by atoms with Crippen molar-refractivity contribution in [3.05, 3.63) is 0 Å². The molecule has 0 saturated heterocycles. The van der Waals surface area contributed by atoms with Gasteiger partial charge in [0.05, 0.1) is 5.75 Å². The molecule has 1 aliphatic rings. The number of hydrogen-bond acceptors (Lipinski definition) is 3. The van der Waals surface area contributed by atoms with E-state index in [1.54, 1.807) is 0 Å². The molecule has 0 amide bonds. The van der Waals surface area contributed by atoms with Crippen LogP contribution in [-0.2, 0) is 14.8 Å². The van der Waals surface area contributed by atoms with Crippen molar-refractivity contribution in [1.29, 1.82) is 0 Å². The highest BCUT2D eigenvalue weighted by atomic mass is 32.2. The van der Waals surface area contributed by atoms with Crippen molar-refractivity contribution in [2.24, 2.45) is 5.92 Å². The first-order valence-electron chi connectivity index (χ1n) is 5.56. The topological polar surface area (TPSA) is 83.5 Å². The second-order valence-electron chi connectivity index (χ2n) is 4.58. The number of carbonyl (C=O) groups is 1. The molecule has 1 fully saturated rings. The Bertz CT molecular complexity index is 355. The second kappa shape index (κ2) is 4.71. The van der Waals surface area contributed by atoms with Gasteiger partial charge in [-0.25, -0.2) is 8.42 Å². The monoisotopic (exact) mass is 249 g/mol. The highest BCUT2D eigenvalue weighted by Crippen LogP contribution is 2.32. The molecule has 5 nitrogen and oxygen atoms in total. The maximum atomic E-state index is 11.5. The Balaban J connectivity index is 2.87. The van der Waals surface area contributed by atoms with Crippen molar-refractivity contribution < 1.29 is 18.3 Å². The van der Waals surface area contributed by atoms with E-state index in [1.165, 1.54) is 6.92 Å². The summed E-state index contributed by atoms with van der Waals surface area (Å²) < 4.78 is 25.3. The molecule has 0 aromatic heterocycles. The molecular formula is C10H19NO4S. The van der Waals surface area contributed by atoms with Gasteiger partial charge in [0.25, 0.3) is 0 Å². The lowest BCUT2D eigenvalue weighted by molar-refractivity contribution is -0.145. The average Bonchev–Trinajstić information content (AvgIpc) is 2.21. The molecule has 0 bridgehead atoms. The van der Waals surface area contributed by atoms with Crippen molar-refractivity contribution in [1.82, 2.24) is 4.72 Å². The number of carboxylic acids is 1. The van der Waals surface area contributed by atoms with Gasteiger partial charge in [-0.15, -0.1) is 0 Å². The zero-order valence-electron chi connectivity index (χ0n) is 9.69. The zero-order chi connectivity index (χ0) is 12.4. The van der Waals surface area contributed by atoms with E-state index in [4.69, 9.17) is 0 Å². The van der Waals surface area contributed by atoms with E-state index in [2.05, 4.69) is 11.6 Å². The molecule has 0 radical (unpaired) electrons. The maximum absolute atomic E-state index is 11.5. The van der Waals surface area contributed by atoms with Crippen molar-refractivity contribution >= 4 is 16.0 Å². The number of aliphatic carboxylic acids is 1. The Kier molecular flexibility index (Phi) is 3.96. The smallest absolute Gasteiger partial charge is 0.324 e. The fourth-order valence-electron chi connectivity index (χ4n) is 1.98. The zero-order valence-corrected chi connectivity index (χ0v) is 10.5. The lowest BCUT2D eigenvalue weighted by Crippen LogP contribution is -2.56. The first kappa shape index (κ1) is 13.4. The SMILES string of the molecule is CCS(=O)(=O)NC1(C(=O)O)CCC(C)CC1. The van der Waals surface area contributed by atoms with Gasteiger partial charge in [0, 0.05) is 0 Å². The van der Waals surface area contributed by atoms with Gasteiger partial charge >= 0.3 is 5.97 Å². The average molecular weight is 249 g/mol. The molecule has 0 aliphatic heterocycles. The van der Waals surface area contributed by atoms with Crippen LogP contribution in [-0.4, -0.2) is 30.8 Å². The number of nitrogens with one attached hydrogen (secondary N) is 1. The Labute approximate surface area is 96.3 Å². The lowest BCUT2D eigenvalue weighted by atomic mass is 9.78. The fraction of sp³-hybridized carbons (Fsp3) is 0.900. The molecule has 0 aromatic carbocycles. The van der Waals surface area contributed by atoms with Crippen LogP contribution in [0.4, 0.5) is 0 Å². The first-order chi connectivity index (χ1) is 7.31. The Morgan fingerprint density at radius 3 is 2.31 bits per heavy atom. The fourth-order valence-corrected chi connectivity index (χ4v) is 3.02. The standard InChI is InChI=1S/C10H19NO4S/c1-3-16(14,15)11-10(9(12)13)6-4-8(2)5-7-10/h8,11H,3-7H2,1-2H3,(H,12,13). The van der Waals surface area contributed by atoms with Crippen LogP contribution in [0.3, 0.4) is 0 Å². The Hall–Kier alpha value is -0.620. The summed E-state index contributed by atoms with van der Waals surface area (Å²) in [6.07, 6.45) is 2.25. The van der Waals surface area contributed by atoms with Crippen LogP contribution in [0, 0.1) is 5.92 Å². The van der Waals surface area contributed by atoms with Crippen LogP contribution < -0.4 is 4.72 Å². The van der Waals surface area contributed by atoms with E-state index in [1.807, 2.05) is 0 Å². The van der Waals surface area contributed by atoms with Crippen LogP contribution in [0.15, 0.2) is 0 Å². The molecule has 2 N–H and O–H groups in total. The summed E-state index contributed by atoms with van der Waals surface area (Å²) in [5.74, 6) is -0.674. The number of sulfonamides is 1. The van der Waals surface area contributed by atoms with Crippen molar-refractivity contribution in [2.45, 2.75) is 45.1 Å².